The van der Waals surface area contributed by atoms with E-state index in [9.17, 15) is 0 Å². The van der Waals surface area contributed by atoms with Gasteiger partial charge in [-0.2, -0.15) is 15.0 Å². The Morgan fingerprint density at radius 2 is 1.95 bits per heavy atom. The molecule has 0 spiro atoms. The SMILES string of the molecule is CNc1nc(NC(C)c2nc(C)cs2)nc(OC)n1. The van der Waals surface area contributed by atoms with E-state index in [1.54, 1.807) is 18.4 Å². The Morgan fingerprint density at radius 3 is 2.53 bits per heavy atom. The zero-order valence-corrected chi connectivity index (χ0v) is 12.1. The van der Waals surface area contributed by atoms with Crippen LogP contribution in [-0.2, 0) is 0 Å². The Morgan fingerprint density at radius 1 is 1.21 bits per heavy atom. The van der Waals surface area contributed by atoms with Crippen molar-refractivity contribution in [2.75, 3.05) is 24.8 Å². The largest absolute Gasteiger partial charge is 0.467 e. The molecule has 2 aromatic heterocycles. The zero-order chi connectivity index (χ0) is 13.8. The van der Waals surface area contributed by atoms with Gasteiger partial charge in [0.1, 0.15) is 5.01 Å². The molecule has 0 aliphatic rings. The van der Waals surface area contributed by atoms with Gasteiger partial charge in [-0.1, -0.05) is 0 Å². The molecule has 2 N–H and O–H groups in total. The summed E-state index contributed by atoms with van der Waals surface area (Å²) >= 11 is 1.61. The number of aromatic nitrogens is 4. The smallest absolute Gasteiger partial charge is 0.322 e. The van der Waals surface area contributed by atoms with Crippen LogP contribution in [0.3, 0.4) is 0 Å². The van der Waals surface area contributed by atoms with Gasteiger partial charge in [0.05, 0.1) is 13.2 Å². The van der Waals surface area contributed by atoms with Gasteiger partial charge in [-0.25, -0.2) is 4.98 Å². The molecule has 102 valence electrons. The fraction of sp³-hybridized carbons (Fsp3) is 0.455. The lowest BCUT2D eigenvalue weighted by molar-refractivity contribution is 0.379. The van der Waals surface area contributed by atoms with Crippen LogP contribution in [0.25, 0.3) is 0 Å². The van der Waals surface area contributed by atoms with Gasteiger partial charge in [-0.3, -0.25) is 0 Å². The van der Waals surface area contributed by atoms with Crippen molar-refractivity contribution < 1.29 is 4.74 Å². The van der Waals surface area contributed by atoms with Gasteiger partial charge in [-0.15, -0.1) is 11.3 Å². The van der Waals surface area contributed by atoms with Crippen molar-refractivity contribution in [3.8, 4) is 6.01 Å². The molecule has 0 saturated carbocycles. The average Bonchev–Trinajstić information content (AvgIpc) is 2.85. The van der Waals surface area contributed by atoms with Crippen LogP contribution in [0.5, 0.6) is 6.01 Å². The molecule has 19 heavy (non-hydrogen) atoms. The lowest BCUT2D eigenvalue weighted by Gasteiger charge is -2.12. The van der Waals surface area contributed by atoms with Crippen molar-refractivity contribution in [2.45, 2.75) is 19.9 Å². The summed E-state index contributed by atoms with van der Waals surface area (Å²) in [6, 6.07) is 0.292. The summed E-state index contributed by atoms with van der Waals surface area (Å²) in [5.41, 5.74) is 1.01. The van der Waals surface area contributed by atoms with E-state index in [1.807, 2.05) is 19.2 Å². The topological polar surface area (TPSA) is 84.9 Å². The van der Waals surface area contributed by atoms with Crippen molar-refractivity contribution in [3.05, 3.63) is 16.1 Å². The first kappa shape index (κ1) is 13.5. The standard InChI is InChI=1S/C11H16N6OS/c1-6-5-19-8(13-6)7(2)14-10-15-9(12-3)16-11(17-10)18-4/h5,7H,1-4H3,(H2,12,14,15,16,17). The molecule has 0 aliphatic carbocycles. The Bertz CT molecular complexity index is 536. The Labute approximate surface area is 115 Å². The predicted octanol–water partition coefficient (Wildman–Crippen LogP) is 1.86. The maximum absolute atomic E-state index is 5.03. The highest BCUT2D eigenvalue weighted by atomic mass is 32.1. The highest BCUT2D eigenvalue weighted by Crippen LogP contribution is 2.21. The third-order valence-electron chi connectivity index (χ3n) is 2.37. The molecule has 0 aliphatic heterocycles. The third kappa shape index (κ3) is 3.28. The highest BCUT2D eigenvalue weighted by Gasteiger charge is 2.12. The summed E-state index contributed by atoms with van der Waals surface area (Å²) < 4.78 is 5.03. The molecule has 1 atom stereocenters. The minimum atomic E-state index is 0.0236. The summed E-state index contributed by atoms with van der Waals surface area (Å²) in [6.45, 7) is 3.98. The van der Waals surface area contributed by atoms with E-state index in [4.69, 9.17) is 4.74 Å². The normalized spacial score (nSPS) is 12.0. The summed E-state index contributed by atoms with van der Waals surface area (Å²) in [7, 11) is 3.26. The number of nitrogens with one attached hydrogen (secondary N) is 2. The molecule has 0 amide bonds. The number of anilines is 2. The van der Waals surface area contributed by atoms with E-state index in [1.165, 1.54) is 7.11 Å². The van der Waals surface area contributed by atoms with Gasteiger partial charge in [0.2, 0.25) is 11.9 Å². The molecule has 0 radical (unpaired) electrons. The van der Waals surface area contributed by atoms with Crippen LogP contribution in [0.4, 0.5) is 11.9 Å². The lowest BCUT2D eigenvalue weighted by atomic mass is 10.3. The first-order valence-corrected chi connectivity index (χ1v) is 6.66. The molecule has 2 rings (SSSR count). The molecule has 0 bridgehead atoms. The van der Waals surface area contributed by atoms with Crippen LogP contribution in [0, 0.1) is 6.92 Å². The van der Waals surface area contributed by atoms with Gasteiger partial charge in [0, 0.05) is 18.1 Å². The molecular weight excluding hydrogens is 264 g/mol. The fourth-order valence-electron chi connectivity index (χ4n) is 1.45. The van der Waals surface area contributed by atoms with Crippen molar-refractivity contribution in [3.63, 3.8) is 0 Å². The Hall–Kier alpha value is -1.96. The van der Waals surface area contributed by atoms with E-state index in [-0.39, 0.29) is 12.1 Å². The first-order valence-electron chi connectivity index (χ1n) is 5.78. The summed E-state index contributed by atoms with van der Waals surface area (Å²) in [6.07, 6.45) is 0. The summed E-state index contributed by atoms with van der Waals surface area (Å²) in [4.78, 5) is 16.9. The minimum absolute atomic E-state index is 0.0236. The molecule has 0 saturated heterocycles. The second kappa shape index (κ2) is 5.79. The Balaban J connectivity index is 2.18. The second-order valence-corrected chi connectivity index (χ2v) is 4.80. The number of rotatable bonds is 5. The number of thiazole rings is 1. The molecule has 8 heteroatoms. The molecular formula is C11H16N6OS. The van der Waals surface area contributed by atoms with E-state index in [0.29, 0.717) is 11.9 Å². The molecule has 1 unspecified atom stereocenters. The fourth-order valence-corrected chi connectivity index (χ4v) is 2.25. The second-order valence-electron chi connectivity index (χ2n) is 3.91. The number of hydrogen-bond donors (Lipinski definition) is 2. The number of nitrogens with zero attached hydrogens (tertiary/aromatic N) is 4. The Kier molecular flexibility index (Phi) is 4.10. The van der Waals surface area contributed by atoms with Crippen LogP contribution in [-0.4, -0.2) is 34.1 Å². The monoisotopic (exact) mass is 280 g/mol. The third-order valence-corrected chi connectivity index (χ3v) is 3.52. The van der Waals surface area contributed by atoms with Crippen LogP contribution in [0.15, 0.2) is 5.38 Å². The van der Waals surface area contributed by atoms with Crippen LogP contribution in [0.1, 0.15) is 23.7 Å². The molecule has 7 nitrogen and oxygen atoms in total. The highest BCUT2D eigenvalue weighted by molar-refractivity contribution is 7.09. The van der Waals surface area contributed by atoms with Crippen molar-refractivity contribution in [1.82, 2.24) is 19.9 Å². The van der Waals surface area contributed by atoms with Gasteiger partial charge < -0.3 is 15.4 Å². The minimum Gasteiger partial charge on any atom is -0.467 e. The van der Waals surface area contributed by atoms with E-state index < -0.39 is 0 Å². The predicted molar refractivity (Wildman–Crippen MR) is 74.8 cm³/mol. The lowest BCUT2D eigenvalue weighted by Crippen LogP contribution is -2.12. The molecule has 2 heterocycles. The van der Waals surface area contributed by atoms with Gasteiger partial charge in [0.15, 0.2) is 0 Å². The zero-order valence-electron chi connectivity index (χ0n) is 11.3. The average molecular weight is 280 g/mol. The number of hydrogen-bond acceptors (Lipinski definition) is 8. The van der Waals surface area contributed by atoms with Gasteiger partial charge >= 0.3 is 6.01 Å². The summed E-state index contributed by atoms with van der Waals surface area (Å²) in [5.74, 6) is 0.911. The van der Waals surface area contributed by atoms with Crippen LogP contribution < -0.4 is 15.4 Å². The number of methoxy groups -OCH3 is 1. The van der Waals surface area contributed by atoms with Crippen molar-refractivity contribution in [1.29, 1.82) is 0 Å². The van der Waals surface area contributed by atoms with Crippen molar-refractivity contribution in [2.24, 2.45) is 0 Å². The molecule has 0 aromatic carbocycles. The summed E-state index contributed by atoms with van der Waals surface area (Å²) in [5, 5.41) is 9.05. The van der Waals surface area contributed by atoms with E-state index in [2.05, 4.69) is 30.6 Å². The molecule has 2 aromatic rings. The van der Waals surface area contributed by atoms with Crippen LogP contribution >= 0.6 is 11.3 Å². The van der Waals surface area contributed by atoms with Gasteiger partial charge in [-0.05, 0) is 13.8 Å². The first-order chi connectivity index (χ1) is 9.12. The number of ether oxygens (including phenoxy) is 1. The maximum Gasteiger partial charge on any atom is 0.322 e. The molecule has 0 fully saturated rings. The van der Waals surface area contributed by atoms with E-state index >= 15 is 0 Å². The maximum atomic E-state index is 5.03. The van der Waals surface area contributed by atoms with Crippen LogP contribution in [0.2, 0.25) is 0 Å². The van der Waals surface area contributed by atoms with Gasteiger partial charge in [0.25, 0.3) is 0 Å². The number of aryl methyl sites for hydroxylation is 1. The van der Waals surface area contributed by atoms with E-state index in [0.717, 1.165) is 10.7 Å². The van der Waals surface area contributed by atoms with Crippen molar-refractivity contribution >= 4 is 23.2 Å². The quantitative estimate of drug-likeness (QED) is 0.864.